The molecule has 1 N–H and O–H groups in total. The zero-order valence-corrected chi connectivity index (χ0v) is 7.39. The lowest BCUT2D eigenvalue weighted by molar-refractivity contribution is 0.00893. The fourth-order valence-corrected chi connectivity index (χ4v) is 2.50. The molecule has 2 saturated heterocycles. The van der Waals surface area contributed by atoms with Crippen molar-refractivity contribution in [3.63, 3.8) is 0 Å². The minimum atomic E-state index is -2.64. The van der Waals surface area contributed by atoms with Gasteiger partial charge in [0.25, 0.3) is 5.92 Å². The second kappa shape index (κ2) is 2.51. The van der Waals surface area contributed by atoms with Crippen LogP contribution < -0.4 is 0 Å². The van der Waals surface area contributed by atoms with E-state index < -0.39 is 11.5 Å². The van der Waals surface area contributed by atoms with Crippen molar-refractivity contribution < 1.29 is 13.9 Å². The van der Waals surface area contributed by atoms with Gasteiger partial charge in [0.1, 0.15) is 0 Å². The zero-order valence-electron chi connectivity index (χ0n) is 7.39. The Hall–Kier alpha value is -0.480. The molecule has 0 aromatic rings. The van der Waals surface area contributed by atoms with E-state index in [-0.39, 0.29) is 19.6 Å². The van der Waals surface area contributed by atoms with E-state index >= 15 is 0 Å². The molecule has 13 heavy (non-hydrogen) atoms. The molecule has 2 rings (SSSR count). The summed E-state index contributed by atoms with van der Waals surface area (Å²) in [7, 11) is 0. The number of hydrogen-bond donors (Lipinski definition) is 1. The van der Waals surface area contributed by atoms with Gasteiger partial charge in [-0.15, -0.1) is 0 Å². The summed E-state index contributed by atoms with van der Waals surface area (Å²) in [6.07, 6.45) is 0.286. The number of nitrogens with zero attached hydrogens (tertiary/aromatic N) is 1. The lowest BCUT2D eigenvalue weighted by atomic mass is 9.93. The molecule has 0 amide bonds. The third kappa shape index (κ3) is 1.28. The van der Waals surface area contributed by atoms with Crippen LogP contribution in [0.3, 0.4) is 0 Å². The van der Waals surface area contributed by atoms with E-state index in [1.54, 1.807) is 4.90 Å². The van der Waals surface area contributed by atoms with Crippen LogP contribution in [-0.4, -0.2) is 41.2 Å². The highest BCUT2D eigenvalue weighted by atomic mass is 19.3. The third-order valence-corrected chi connectivity index (χ3v) is 2.97. The summed E-state index contributed by atoms with van der Waals surface area (Å²) >= 11 is 0. The highest BCUT2D eigenvalue weighted by Gasteiger charge is 2.57. The molecule has 1 unspecified atom stereocenters. The van der Waals surface area contributed by atoms with E-state index in [0.29, 0.717) is 13.0 Å². The highest BCUT2D eigenvalue weighted by molar-refractivity contribution is 5.20. The van der Waals surface area contributed by atoms with Crippen LogP contribution in [0.2, 0.25) is 0 Å². The predicted octanol–water partition coefficient (Wildman–Crippen LogP) is 1.02. The first-order chi connectivity index (χ1) is 5.97. The average molecular weight is 189 g/mol. The summed E-state index contributed by atoms with van der Waals surface area (Å²) in [6, 6.07) is 0. The van der Waals surface area contributed by atoms with Gasteiger partial charge >= 0.3 is 0 Å². The molecule has 2 aliphatic heterocycles. The normalized spacial score (nSPS) is 38.2. The van der Waals surface area contributed by atoms with Gasteiger partial charge in [-0.05, 0) is 6.42 Å². The first kappa shape index (κ1) is 9.09. The largest absolute Gasteiger partial charge is 0.394 e. The number of alkyl halides is 2. The lowest BCUT2D eigenvalue weighted by Crippen LogP contribution is -2.41. The Morgan fingerprint density at radius 2 is 2.23 bits per heavy atom. The Kier molecular flexibility index (Phi) is 1.76. The minimum Gasteiger partial charge on any atom is -0.394 e. The Morgan fingerprint density at radius 1 is 1.54 bits per heavy atom. The topological polar surface area (TPSA) is 23.5 Å². The molecule has 0 aromatic carbocycles. The van der Waals surface area contributed by atoms with Crippen LogP contribution in [0.5, 0.6) is 0 Å². The fraction of sp³-hybridized carbons (Fsp3) is 0.778. The van der Waals surface area contributed by atoms with Crippen molar-refractivity contribution in [3.05, 3.63) is 12.2 Å². The third-order valence-electron chi connectivity index (χ3n) is 2.97. The van der Waals surface area contributed by atoms with Gasteiger partial charge in [-0.3, -0.25) is 4.90 Å². The van der Waals surface area contributed by atoms with Gasteiger partial charge in [0, 0.05) is 13.0 Å². The van der Waals surface area contributed by atoms with Crippen LogP contribution in [0.15, 0.2) is 12.2 Å². The predicted molar refractivity (Wildman–Crippen MR) is 44.7 cm³/mol. The van der Waals surface area contributed by atoms with Crippen LogP contribution in [0.25, 0.3) is 0 Å². The second-order valence-electron chi connectivity index (χ2n) is 4.20. The molecular formula is C9H13F2NO. The Morgan fingerprint density at radius 3 is 2.77 bits per heavy atom. The van der Waals surface area contributed by atoms with Gasteiger partial charge in [-0.1, -0.05) is 12.2 Å². The number of aliphatic hydroxyl groups is 1. The van der Waals surface area contributed by atoms with Crippen molar-refractivity contribution in [1.82, 2.24) is 4.90 Å². The minimum absolute atomic E-state index is 0.193. The average Bonchev–Trinajstić information content (AvgIpc) is 2.36. The molecule has 74 valence electrons. The van der Waals surface area contributed by atoms with E-state index in [1.165, 1.54) is 0 Å². The molecule has 0 saturated carbocycles. The monoisotopic (exact) mass is 189 g/mol. The van der Waals surface area contributed by atoms with Gasteiger partial charge in [0.15, 0.2) is 0 Å². The van der Waals surface area contributed by atoms with Crippen molar-refractivity contribution in [2.75, 3.05) is 19.7 Å². The lowest BCUT2D eigenvalue weighted by Gasteiger charge is -2.27. The molecule has 0 aromatic heterocycles. The maximum atomic E-state index is 13.0. The molecule has 0 radical (unpaired) electrons. The highest BCUT2D eigenvalue weighted by Crippen LogP contribution is 2.46. The summed E-state index contributed by atoms with van der Waals surface area (Å²) in [6.45, 7) is 3.87. The second-order valence-corrected chi connectivity index (χ2v) is 4.20. The number of fused-ring (bicyclic) bond motifs is 1. The molecule has 0 aliphatic carbocycles. The number of rotatable bonds is 1. The van der Waals surface area contributed by atoms with Crippen molar-refractivity contribution >= 4 is 0 Å². The van der Waals surface area contributed by atoms with Gasteiger partial charge in [0.2, 0.25) is 0 Å². The van der Waals surface area contributed by atoms with E-state index in [9.17, 15) is 8.78 Å². The van der Waals surface area contributed by atoms with E-state index in [2.05, 4.69) is 6.58 Å². The quantitative estimate of drug-likeness (QED) is 0.622. The smallest absolute Gasteiger partial charge is 0.262 e. The summed E-state index contributed by atoms with van der Waals surface area (Å²) in [4.78, 5) is 1.66. The van der Waals surface area contributed by atoms with Crippen molar-refractivity contribution in [3.8, 4) is 0 Å². The van der Waals surface area contributed by atoms with Crippen LogP contribution in [0.4, 0.5) is 8.78 Å². The van der Waals surface area contributed by atoms with Gasteiger partial charge in [0.05, 0.1) is 18.7 Å². The summed E-state index contributed by atoms with van der Waals surface area (Å²) in [5.74, 6) is -2.64. The Labute approximate surface area is 75.8 Å². The molecule has 0 bridgehead atoms. The summed E-state index contributed by atoms with van der Waals surface area (Å²) in [5, 5.41) is 9.16. The first-order valence-corrected chi connectivity index (χ1v) is 4.38. The van der Waals surface area contributed by atoms with Gasteiger partial charge in [-0.2, -0.15) is 0 Å². The van der Waals surface area contributed by atoms with Gasteiger partial charge < -0.3 is 5.11 Å². The molecule has 2 aliphatic rings. The molecule has 0 spiro atoms. The van der Waals surface area contributed by atoms with Crippen LogP contribution >= 0.6 is 0 Å². The fourth-order valence-electron chi connectivity index (χ4n) is 2.50. The van der Waals surface area contributed by atoms with Crippen LogP contribution in [-0.2, 0) is 0 Å². The van der Waals surface area contributed by atoms with E-state index in [4.69, 9.17) is 5.11 Å². The molecule has 1 atom stereocenters. The molecule has 4 heteroatoms. The van der Waals surface area contributed by atoms with Crippen molar-refractivity contribution in [2.24, 2.45) is 0 Å². The van der Waals surface area contributed by atoms with Crippen LogP contribution in [0, 0.1) is 0 Å². The van der Waals surface area contributed by atoms with Crippen LogP contribution in [0.1, 0.15) is 12.8 Å². The maximum absolute atomic E-state index is 13.0. The van der Waals surface area contributed by atoms with E-state index in [0.717, 1.165) is 5.57 Å². The maximum Gasteiger partial charge on any atom is 0.262 e. The molecule has 2 fully saturated rings. The first-order valence-electron chi connectivity index (χ1n) is 4.38. The Bertz CT molecular complexity index is 254. The summed E-state index contributed by atoms with van der Waals surface area (Å²) < 4.78 is 26.1. The standard InChI is InChI=1S/C9H13F2NO/c1-7-2-8(6-13)4-9(10,11)5-12(8)3-7/h13H,1-6H2. The molecule has 2 nitrogen and oxygen atoms in total. The number of hydrogen-bond acceptors (Lipinski definition) is 2. The van der Waals surface area contributed by atoms with Gasteiger partial charge in [-0.25, -0.2) is 8.78 Å². The SMILES string of the molecule is C=C1CN2CC(F)(F)CC2(CO)C1. The number of aliphatic hydroxyl groups excluding tert-OH is 1. The molecule has 2 heterocycles. The molecular weight excluding hydrogens is 176 g/mol. The Balaban J connectivity index is 2.25. The summed E-state index contributed by atoms with van der Waals surface area (Å²) in [5.41, 5.74) is 0.241. The van der Waals surface area contributed by atoms with Crippen molar-refractivity contribution in [2.45, 2.75) is 24.3 Å². The zero-order chi connectivity index (χ0) is 9.69. The number of halogens is 2. The van der Waals surface area contributed by atoms with E-state index in [1.807, 2.05) is 0 Å². The van der Waals surface area contributed by atoms with Crippen molar-refractivity contribution in [1.29, 1.82) is 0 Å².